The SMILES string of the molecule is C=Cc1c(/C=C\C)nc(O)c(CCCCCC2CC2)c1OCCc1ccncc1. The average molecular weight is 393 g/mol. The van der Waals surface area contributed by atoms with Crippen molar-refractivity contribution < 1.29 is 9.84 Å². The number of unbranched alkanes of at least 4 members (excludes halogenated alkanes) is 2. The molecule has 0 saturated heterocycles. The minimum Gasteiger partial charge on any atom is -0.493 e. The van der Waals surface area contributed by atoms with Gasteiger partial charge in [0, 0.05) is 24.4 Å². The fraction of sp³-hybridized carbons (Fsp3) is 0.440. The highest BCUT2D eigenvalue weighted by Crippen LogP contribution is 2.36. The lowest BCUT2D eigenvalue weighted by molar-refractivity contribution is 0.312. The van der Waals surface area contributed by atoms with Crippen molar-refractivity contribution in [1.82, 2.24) is 9.97 Å². The number of aromatic nitrogens is 2. The number of hydrogen-bond acceptors (Lipinski definition) is 4. The van der Waals surface area contributed by atoms with Crippen LogP contribution < -0.4 is 4.74 Å². The lowest BCUT2D eigenvalue weighted by atomic mass is 10.0. The fourth-order valence-electron chi connectivity index (χ4n) is 3.63. The van der Waals surface area contributed by atoms with Gasteiger partial charge in [0.2, 0.25) is 5.88 Å². The van der Waals surface area contributed by atoms with Crippen LogP contribution in [0.1, 0.15) is 67.8 Å². The van der Waals surface area contributed by atoms with Crippen LogP contribution in [-0.4, -0.2) is 21.7 Å². The van der Waals surface area contributed by atoms with Gasteiger partial charge in [0.1, 0.15) is 5.75 Å². The molecule has 154 valence electrons. The minimum absolute atomic E-state index is 0.0739. The van der Waals surface area contributed by atoms with E-state index in [1.165, 1.54) is 37.7 Å². The van der Waals surface area contributed by atoms with Crippen molar-refractivity contribution in [2.75, 3.05) is 6.61 Å². The Hall–Kier alpha value is -2.62. The first-order valence-electron chi connectivity index (χ1n) is 10.8. The highest BCUT2D eigenvalue weighted by molar-refractivity contribution is 5.70. The molecule has 1 aliphatic rings. The summed E-state index contributed by atoms with van der Waals surface area (Å²) in [5.74, 6) is 1.77. The van der Waals surface area contributed by atoms with Crippen LogP contribution in [0.15, 0.2) is 37.2 Å². The van der Waals surface area contributed by atoms with Crippen molar-refractivity contribution in [1.29, 1.82) is 0 Å². The monoisotopic (exact) mass is 392 g/mol. The number of ether oxygens (including phenoxy) is 1. The summed E-state index contributed by atoms with van der Waals surface area (Å²) in [5.41, 5.74) is 3.52. The third kappa shape index (κ3) is 6.18. The van der Waals surface area contributed by atoms with Gasteiger partial charge >= 0.3 is 0 Å². The molecule has 2 aromatic rings. The first kappa shape index (κ1) is 21.1. The van der Waals surface area contributed by atoms with Gasteiger partial charge in [-0.3, -0.25) is 4.98 Å². The minimum atomic E-state index is 0.0739. The van der Waals surface area contributed by atoms with Gasteiger partial charge in [0.15, 0.2) is 0 Å². The Balaban J connectivity index is 1.73. The molecule has 29 heavy (non-hydrogen) atoms. The predicted octanol–water partition coefficient (Wildman–Crippen LogP) is 5.99. The van der Waals surface area contributed by atoms with Crippen LogP contribution in [0.25, 0.3) is 12.2 Å². The molecule has 0 aromatic carbocycles. The second-order valence-electron chi connectivity index (χ2n) is 7.74. The van der Waals surface area contributed by atoms with Gasteiger partial charge in [-0.2, -0.15) is 0 Å². The Morgan fingerprint density at radius 3 is 2.66 bits per heavy atom. The van der Waals surface area contributed by atoms with E-state index in [2.05, 4.69) is 16.5 Å². The summed E-state index contributed by atoms with van der Waals surface area (Å²) in [6.45, 7) is 6.42. The zero-order valence-electron chi connectivity index (χ0n) is 17.4. The number of nitrogens with zero attached hydrogens (tertiary/aromatic N) is 2. The van der Waals surface area contributed by atoms with Crippen molar-refractivity contribution in [3.05, 3.63) is 59.6 Å². The molecule has 0 amide bonds. The van der Waals surface area contributed by atoms with Gasteiger partial charge in [0.25, 0.3) is 0 Å². The largest absolute Gasteiger partial charge is 0.493 e. The van der Waals surface area contributed by atoms with E-state index in [4.69, 9.17) is 4.74 Å². The van der Waals surface area contributed by atoms with Crippen LogP contribution in [-0.2, 0) is 12.8 Å². The van der Waals surface area contributed by atoms with E-state index in [-0.39, 0.29) is 5.88 Å². The average Bonchev–Trinajstić information content (AvgIpc) is 3.55. The molecule has 2 aromatic heterocycles. The van der Waals surface area contributed by atoms with Crippen LogP contribution in [0.2, 0.25) is 0 Å². The van der Waals surface area contributed by atoms with Crippen LogP contribution in [0.5, 0.6) is 11.6 Å². The molecular weight excluding hydrogens is 360 g/mol. The van der Waals surface area contributed by atoms with Crippen molar-refractivity contribution in [3.63, 3.8) is 0 Å². The number of hydrogen-bond donors (Lipinski definition) is 1. The summed E-state index contributed by atoms with van der Waals surface area (Å²) in [7, 11) is 0. The molecule has 3 rings (SSSR count). The van der Waals surface area contributed by atoms with E-state index in [1.54, 1.807) is 18.5 Å². The van der Waals surface area contributed by atoms with Crippen LogP contribution in [0, 0.1) is 5.92 Å². The summed E-state index contributed by atoms with van der Waals surface area (Å²) in [6, 6.07) is 3.99. The summed E-state index contributed by atoms with van der Waals surface area (Å²) >= 11 is 0. The van der Waals surface area contributed by atoms with Crippen molar-refractivity contribution in [2.45, 2.75) is 58.3 Å². The van der Waals surface area contributed by atoms with Crippen LogP contribution >= 0.6 is 0 Å². The van der Waals surface area contributed by atoms with E-state index < -0.39 is 0 Å². The quantitative estimate of drug-likeness (QED) is 0.451. The smallest absolute Gasteiger partial charge is 0.218 e. The number of pyridine rings is 2. The van der Waals surface area contributed by atoms with Crippen molar-refractivity contribution in [2.24, 2.45) is 5.92 Å². The molecule has 0 bridgehead atoms. The maximum absolute atomic E-state index is 10.6. The van der Waals surface area contributed by atoms with Crippen LogP contribution in [0.4, 0.5) is 0 Å². The van der Waals surface area contributed by atoms with E-state index >= 15 is 0 Å². The zero-order valence-corrected chi connectivity index (χ0v) is 17.4. The lowest BCUT2D eigenvalue weighted by Gasteiger charge is -2.17. The molecule has 0 aliphatic heterocycles. The standard InChI is InChI=1S/C25H32N2O2/c1-3-8-23-21(4-2)24(29-18-15-20-13-16-26-17-14-20)22(25(28)27-23)10-7-5-6-9-19-11-12-19/h3-4,8,13-14,16-17,19H,2,5-7,9-12,15,18H2,1H3,(H,27,28)/b8-3-. The van der Waals surface area contributed by atoms with E-state index in [0.717, 1.165) is 42.1 Å². The van der Waals surface area contributed by atoms with Crippen LogP contribution in [0.3, 0.4) is 0 Å². The second kappa shape index (κ2) is 10.8. The molecule has 1 N–H and O–H groups in total. The molecular formula is C25H32N2O2. The molecule has 4 heteroatoms. The topological polar surface area (TPSA) is 55.2 Å². The second-order valence-corrected chi connectivity index (χ2v) is 7.74. The third-order valence-electron chi connectivity index (χ3n) is 5.44. The normalized spacial score (nSPS) is 13.7. The first-order chi connectivity index (χ1) is 14.2. The molecule has 4 nitrogen and oxygen atoms in total. The number of rotatable bonds is 12. The summed E-state index contributed by atoms with van der Waals surface area (Å²) in [5, 5.41) is 10.6. The van der Waals surface area contributed by atoms with E-state index in [0.29, 0.717) is 12.3 Å². The summed E-state index contributed by atoms with van der Waals surface area (Å²) < 4.78 is 6.21. The van der Waals surface area contributed by atoms with Gasteiger partial charge in [-0.15, -0.1) is 0 Å². The molecule has 2 heterocycles. The molecule has 1 fully saturated rings. The van der Waals surface area contributed by atoms with Gasteiger partial charge in [-0.1, -0.05) is 50.8 Å². The lowest BCUT2D eigenvalue weighted by Crippen LogP contribution is -2.07. The molecule has 1 aliphatic carbocycles. The third-order valence-corrected chi connectivity index (χ3v) is 5.44. The summed E-state index contributed by atoms with van der Waals surface area (Å²) in [6.07, 6.45) is 18.3. The number of allylic oxidation sites excluding steroid dienone is 1. The maximum atomic E-state index is 10.6. The Morgan fingerprint density at radius 1 is 1.17 bits per heavy atom. The molecule has 0 spiro atoms. The first-order valence-corrected chi connectivity index (χ1v) is 10.8. The van der Waals surface area contributed by atoms with Gasteiger partial charge in [-0.05, 0) is 49.5 Å². The molecule has 0 atom stereocenters. The Morgan fingerprint density at radius 2 is 1.97 bits per heavy atom. The van der Waals surface area contributed by atoms with Crippen molar-refractivity contribution >= 4 is 12.2 Å². The van der Waals surface area contributed by atoms with E-state index in [9.17, 15) is 5.11 Å². The zero-order chi connectivity index (χ0) is 20.5. The Bertz CT molecular complexity index is 826. The van der Waals surface area contributed by atoms with Gasteiger partial charge in [-0.25, -0.2) is 4.98 Å². The maximum Gasteiger partial charge on any atom is 0.218 e. The fourth-order valence-corrected chi connectivity index (χ4v) is 3.63. The van der Waals surface area contributed by atoms with Gasteiger partial charge < -0.3 is 9.84 Å². The van der Waals surface area contributed by atoms with E-state index in [1.807, 2.05) is 31.2 Å². The predicted molar refractivity (Wildman–Crippen MR) is 119 cm³/mol. The molecule has 1 saturated carbocycles. The van der Waals surface area contributed by atoms with Gasteiger partial charge in [0.05, 0.1) is 17.9 Å². The Kier molecular flexibility index (Phi) is 7.85. The highest BCUT2D eigenvalue weighted by Gasteiger charge is 2.21. The Labute approximate surface area is 174 Å². The number of aromatic hydroxyl groups is 1. The molecule has 0 radical (unpaired) electrons. The highest BCUT2D eigenvalue weighted by atomic mass is 16.5. The van der Waals surface area contributed by atoms with Crippen molar-refractivity contribution in [3.8, 4) is 11.6 Å². The molecule has 0 unspecified atom stereocenters. The summed E-state index contributed by atoms with van der Waals surface area (Å²) in [4.78, 5) is 8.46.